The Kier molecular flexibility index (Phi) is 4.52. The lowest BCUT2D eigenvalue weighted by atomic mass is 10.2. The highest BCUT2D eigenvalue weighted by Crippen LogP contribution is 2.15. The topological polar surface area (TPSA) is 41.1 Å². The van der Waals surface area contributed by atoms with Crippen LogP contribution in [0.1, 0.15) is 5.56 Å². The van der Waals surface area contributed by atoms with E-state index in [0.29, 0.717) is 11.3 Å². The fraction of sp³-hybridized carbons (Fsp3) is 0.0625. The first-order valence-corrected chi connectivity index (χ1v) is 6.14. The standard InChI is InChI=1S/C16H12F2N2O/c1-2-11-4-3-5-13(8-11)19-10-16(21)20-15-9-12(17)6-7-14(15)18/h1,3-9,19H,10H2,(H,20,21). The highest BCUT2D eigenvalue weighted by atomic mass is 19.1. The van der Waals surface area contributed by atoms with Crippen LogP contribution in [-0.2, 0) is 4.79 Å². The third kappa shape index (κ3) is 4.05. The van der Waals surface area contributed by atoms with Gasteiger partial charge in [0.15, 0.2) is 0 Å². The number of hydrogen-bond acceptors (Lipinski definition) is 2. The number of halogens is 2. The molecular weight excluding hydrogens is 274 g/mol. The molecule has 5 heteroatoms. The van der Waals surface area contributed by atoms with Crippen molar-refractivity contribution in [1.82, 2.24) is 0 Å². The first kappa shape index (κ1) is 14.5. The molecule has 0 spiro atoms. The molecule has 2 aromatic carbocycles. The van der Waals surface area contributed by atoms with E-state index >= 15 is 0 Å². The van der Waals surface area contributed by atoms with Gasteiger partial charge in [-0.25, -0.2) is 8.78 Å². The van der Waals surface area contributed by atoms with E-state index in [2.05, 4.69) is 16.6 Å². The van der Waals surface area contributed by atoms with Crippen LogP contribution in [0.15, 0.2) is 42.5 Å². The molecule has 0 atom stereocenters. The summed E-state index contributed by atoms with van der Waals surface area (Å²) in [6.45, 7) is -0.0933. The Morgan fingerprint density at radius 2 is 2.00 bits per heavy atom. The van der Waals surface area contributed by atoms with E-state index in [9.17, 15) is 13.6 Å². The number of carbonyl (C=O) groups is 1. The van der Waals surface area contributed by atoms with Crippen molar-refractivity contribution in [2.24, 2.45) is 0 Å². The van der Waals surface area contributed by atoms with Crippen LogP contribution in [0, 0.1) is 24.0 Å². The largest absolute Gasteiger partial charge is 0.376 e. The summed E-state index contributed by atoms with van der Waals surface area (Å²) in [5, 5.41) is 5.14. The maximum atomic E-state index is 13.4. The van der Waals surface area contributed by atoms with Gasteiger partial charge in [-0.3, -0.25) is 4.79 Å². The lowest BCUT2D eigenvalue weighted by Gasteiger charge is -2.09. The van der Waals surface area contributed by atoms with Crippen LogP contribution in [0.5, 0.6) is 0 Å². The van der Waals surface area contributed by atoms with E-state index in [-0.39, 0.29) is 12.2 Å². The predicted molar refractivity (Wildman–Crippen MR) is 77.9 cm³/mol. The maximum Gasteiger partial charge on any atom is 0.243 e. The summed E-state index contributed by atoms with van der Waals surface area (Å²) in [4.78, 5) is 11.7. The Bertz CT molecular complexity index is 708. The van der Waals surface area contributed by atoms with Crippen molar-refractivity contribution in [1.29, 1.82) is 0 Å². The van der Waals surface area contributed by atoms with Gasteiger partial charge < -0.3 is 10.6 Å². The Morgan fingerprint density at radius 1 is 1.19 bits per heavy atom. The second-order valence-corrected chi connectivity index (χ2v) is 4.25. The average Bonchev–Trinajstić information content (AvgIpc) is 2.49. The van der Waals surface area contributed by atoms with Crippen LogP contribution in [0.25, 0.3) is 0 Å². The lowest BCUT2D eigenvalue weighted by molar-refractivity contribution is -0.114. The van der Waals surface area contributed by atoms with Crippen LogP contribution in [-0.4, -0.2) is 12.5 Å². The molecular formula is C16H12F2N2O. The lowest BCUT2D eigenvalue weighted by Crippen LogP contribution is -2.22. The first-order valence-electron chi connectivity index (χ1n) is 6.14. The predicted octanol–water partition coefficient (Wildman–Crippen LogP) is 3.00. The molecule has 0 aliphatic rings. The number of carbonyl (C=O) groups excluding carboxylic acids is 1. The molecule has 0 radical (unpaired) electrons. The molecule has 2 aromatic rings. The zero-order valence-corrected chi connectivity index (χ0v) is 11.0. The van der Waals surface area contributed by atoms with Crippen LogP contribution in [0.2, 0.25) is 0 Å². The number of nitrogens with one attached hydrogen (secondary N) is 2. The zero-order valence-electron chi connectivity index (χ0n) is 11.0. The Balaban J connectivity index is 1.96. The van der Waals surface area contributed by atoms with Gasteiger partial charge in [0.1, 0.15) is 11.6 Å². The summed E-state index contributed by atoms with van der Waals surface area (Å²) in [7, 11) is 0. The van der Waals surface area contributed by atoms with Crippen molar-refractivity contribution in [2.45, 2.75) is 0 Å². The quantitative estimate of drug-likeness (QED) is 0.848. The second kappa shape index (κ2) is 6.53. The minimum absolute atomic E-state index is 0.0933. The van der Waals surface area contributed by atoms with E-state index in [1.54, 1.807) is 24.3 Å². The Morgan fingerprint density at radius 3 is 2.76 bits per heavy atom. The molecule has 0 heterocycles. The first-order chi connectivity index (χ1) is 10.1. The normalized spacial score (nSPS) is 9.76. The van der Waals surface area contributed by atoms with Crippen molar-refractivity contribution in [3.63, 3.8) is 0 Å². The van der Waals surface area contributed by atoms with Gasteiger partial charge in [0.2, 0.25) is 5.91 Å². The molecule has 2 N–H and O–H groups in total. The van der Waals surface area contributed by atoms with Crippen molar-refractivity contribution in [3.8, 4) is 12.3 Å². The summed E-state index contributed by atoms with van der Waals surface area (Å²) in [5.74, 6) is 0.663. The highest BCUT2D eigenvalue weighted by Gasteiger charge is 2.08. The number of terminal acetylenes is 1. The van der Waals surface area contributed by atoms with Crippen LogP contribution < -0.4 is 10.6 Å². The summed E-state index contributed by atoms with van der Waals surface area (Å²) in [5.41, 5.74) is 1.15. The monoisotopic (exact) mass is 286 g/mol. The Hall–Kier alpha value is -2.87. The summed E-state index contributed by atoms with van der Waals surface area (Å²) >= 11 is 0. The molecule has 0 unspecified atom stereocenters. The molecule has 0 saturated heterocycles. The van der Waals surface area contributed by atoms with Crippen molar-refractivity contribution < 1.29 is 13.6 Å². The van der Waals surface area contributed by atoms with Gasteiger partial charge in [-0.05, 0) is 30.3 Å². The minimum Gasteiger partial charge on any atom is -0.376 e. The average molecular weight is 286 g/mol. The van der Waals surface area contributed by atoms with Crippen LogP contribution in [0.3, 0.4) is 0 Å². The number of benzene rings is 2. The van der Waals surface area contributed by atoms with Crippen LogP contribution >= 0.6 is 0 Å². The maximum absolute atomic E-state index is 13.4. The summed E-state index contributed by atoms with van der Waals surface area (Å²) < 4.78 is 26.3. The fourth-order valence-electron chi connectivity index (χ4n) is 1.69. The van der Waals surface area contributed by atoms with Crippen molar-refractivity contribution in [3.05, 3.63) is 59.7 Å². The Labute approximate surface area is 121 Å². The third-order valence-electron chi connectivity index (χ3n) is 2.68. The summed E-state index contributed by atoms with van der Waals surface area (Å²) in [6.07, 6.45) is 5.27. The number of anilines is 2. The smallest absolute Gasteiger partial charge is 0.243 e. The number of rotatable bonds is 4. The molecule has 2 rings (SSSR count). The molecule has 106 valence electrons. The molecule has 0 aromatic heterocycles. The van der Waals surface area contributed by atoms with Gasteiger partial charge >= 0.3 is 0 Å². The molecule has 0 bridgehead atoms. The number of hydrogen-bond donors (Lipinski definition) is 2. The van der Waals surface area contributed by atoms with E-state index in [1.165, 1.54) is 0 Å². The molecule has 0 saturated carbocycles. The van der Waals surface area contributed by atoms with Gasteiger partial charge in [0.25, 0.3) is 0 Å². The van der Waals surface area contributed by atoms with Gasteiger partial charge in [-0.15, -0.1) is 6.42 Å². The van der Waals surface area contributed by atoms with E-state index in [1.807, 2.05) is 0 Å². The van der Waals surface area contributed by atoms with Crippen molar-refractivity contribution >= 4 is 17.3 Å². The van der Waals surface area contributed by atoms with Gasteiger partial charge in [0, 0.05) is 17.3 Å². The van der Waals surface area contributed by atoms with E-state index in [4.69, 9.17) is 6.42 Å². The van der Waals surface area contributed by atoms with Gasteiger partial charge in [-0.2, -0.15) is 0 Å². The third-order valence-corrected chi connectivity index (χ3v) is 2.68. The summed E-state index contributed by atoms with van der Waals surface area (Å²) in [6, 6.07) is 9.82. The molecule has 0 aliphatic heterocycles. The minimum atomic E-state index is -0.695. The zero-order chi connectivity index (χ0) is 15.2. The van der Waals surface area contributed by atoms with Gasteiger partial charge in [-0.1, -0.05) is 12.0 Å². The van der Waals surface area contributed by atoms with Crippen LogP contribution in [0.4, 0.5) is 20.2 Å². The number of amides is 1. The highest BCUT2D eigenvalue weighted by molar-refractivity contribution is 5.93. The van der Waals surface area contributed by atoms with Gasteiger partial charge in [0.05, 0.1) is 12.2 Å². The molecule has 3 nitrogen and oxygen atoms in total. The fourth-order valence-corrected chi connectivity index (χ4v) is 1.69. The molecule has 0 fully saturated rings. The molecule has 1 amide bonds. The SMILES string of the molecule is C#Cc1cccc(NCC(=O)Nc2cc(F)ccc2F)c1. The van der Waals surface area contributed by atoms with Crippen molar-refractivity contribution in [2.75, 3.05) is 17.2 Å². The van der Waals surface area contributed by atoms with E-state index < -0.39 is 17.5 Å². The van der Waals surface area contributed by atoms with E-state index in [0.717, 1.165) is 18.2 Å². The molecule has 21 heavy (non-hydrogen) atoms. The second-order valence-electron chi connectivity index (χ2n) is 4.25. The molecule has 0 aliphatic carbocycles.